The maximum absolute atomic E-state index is 12.9. The molecule has 0 radical (unpaired) electrons. The lowest BCUT2D eigenvalue weighted by atomic mass is 9.97. The number of aryl methyl sites for hydroxylation is 1. The van der Waals surface area contributed by atoms with Gasteiger partial charge in [0.2, 0.25) is 0 Å². The molecule has 1 aliphatic rings. The fraction of sp³-hybridized carbons (Fsp3) is 0.200. The van der Waals surface area contributed by atoms with Crippen LogP contribution in [-0.4, -0.2) is 21.8 Å². The first-order chi connectivity index (χ1) is 12.1. The predicted molar refractivity (Wildman–Crippen MR) is 96.2 cm³/mol. The molecule has 5 heteroatoms. The molecule has 2 atom stereocenters. The van der Waals surface area contributed by atoms with E-state index in [1.807, 2.05) is 68.4 Å². The van der Waals surface area contributed by atoms with Gasteiger partial charge in [-0.2, -0.15) is 5.10 Å². The number of nitrogens with one attached hydrogen (secondary N) is 1. The van der Waals surface area contributed by atoms with E-state index in [0.717, 1.165) is 22.6 Å². The molecule has 4 rings (SSSR count). The average Bonchev–Trinajstić information content (AvgIpc) is 3.17. The summed E-state index contributed by atoms with van der Waals surface area (Å²) in [4.78, 5) is 12.9. The normalized spacial score (nSPS) is 18.5. The molecule has 1 N–H and O–H groups in total. The molecule has 1 aliphatic heterocycles. The SMILES string of the molecule is Cc1cnn(-c2ccccc2)c1NC(=O)[C@@H]1Oc2ccccc2[C@H]1C. The number of hydrogen-bond donors (Lipinski definition) is 1. The first-order valence-corrected chi connectivity index (χ1v) is 8.31. The standard InChI is InChI=1S/C20H19N3O2/c1-13-12-21-23(15-8-4-3-5-9-15)19(13)22-20(24)18-14(2)16-10-6-7-11-17(16)25-18/h3-12,14,18H,1-2H3,(H,22,24)/t14-,18-/m1/s1. The number of amides is 1. The lowest BCUT2D eigenvalue weighted by molar-refractivity contribution is -0.122. The van der Waals surface area contributed by atoms with Crippen LogP contribution >= 0.6 is 0 Å². The number of aromatic nitrogens is 2. The van der Waals surface area contributed by atoms with E-state index < -0.39 is 6.10 Å². The molecule has 0 fully saturated rings. The molecule has 0 saturated carbocycles. The van der Waals surface area contributed by atoms with E-state index in [1.165, 1.54) is 0 Å². The van der Waals surface area contributed by atoms with Gasteiger partial charge in [-0.05, 0) is 25.1 Å². The van der Waals surface area contributed by atoms with Crippen molar-refractivity contribution < 1.29 is 9.53 Å². The average molecular weight is 333 g/mol. The quantitative estimate of drug-likeness (QED) is 0.795. The third-order valence-corrected chi connectivity index (χ3v) is 4.57. The van der Waals surface area contributed by atoms with E-state index in [-0.39, 0.29) is 11.8 Å². The Labute approximate surface area is 146 Å². The van der Waals surface area contributed by atoms with Gasteiger partial charge in [0.05, 0.1) is 11.9 Å². The van der Waals surface area contributed by atoms with Crippen LogP contribution in [0.1, 0.15) is 24.0 Å². The van der Waals surface area contributed by atoms with Crippen LogP contribution in [0.2, 0.25) is 0 Å². The van der Waals surface area contributed by atoms with Gasteiger partial charge in [0.15, 0.2) is 6.10 Å². The van der Waals surface area contributed by atoms with Crippen LogP contribution in [0.25, 0.3) is 5.69 Å². The summed E-state index contributed by atoms with van der Waals surface area (Å²) in [6.45, 7) is 3.94. The molecule has 0 saturated heterocycles. The number of carbonyl (C=O) groups excluding carboxylic acids is 1. The molecule has 2 aromatic carbocycles. The fourth-order valence-corrected chi connectivity index (χ4v) is 3.18. The Morgan fingerprint density at radius 2 is 1.84 bits per heavy atom. The Hall–Kier alpha value is -3.08. The van der Waals surface area contributed by atoms with Gasteiger partial charge in [-0.1, -0.05) is 43.3 Å². The van der Waals surface area contributed by atoms with Crippen molar-refractivity contribution in [3.63, 3.8) is 0 Å². The zero-order valence-corrected chi connectivity index (χ0v) is 14.1. The number of fused-ring (bicyclic) bond motifs is 1. The van der Waals surface area contributed by atoms with Crippen LogP contribution in [0.4, 0.5) is 5.82 Å². The van der Waals surface area contributed by atoms with Gasteiger partial charge in [0.25, 0.3) is 5.91 Å². The maximum atomic E-state index is 12.9. The molecule has 0 unspecified atom stereocenters. The maximum Gasteiger partial charge on any atom is 0.267 e. The number of hydrogen-bond acceptors (Lipinski definition) is 3. The molecule has 0 spiro atoms. The highest BCUT2D eigenvalue weighted by Gasteiger charge is 2.36. The van der Waals surface area contributed by atoms with Crippen LogP contribution in [0, 0.1) is 6.92 Å². The van der Waals surface area contributed by atoms with Crippen molar-refractivity contribution in [2.75, 3.05) is 5.32 Å². The minimum absolute atomic E-state index is 0.00426. The van der Waals surface area contributed by atoms with Gasteiger partial charge < -0.3 is 10.1 Å². The summed E-state index contributed by atoms with van der Waals surface area (Å²) in [7, 11) is 0. The van der Waals surface area contributed by atoms with E-state index in [2.05, 4.69) is 10.4 Å². The van der Waals surface area contributed by atoms with E-state index in [0.29, 0.717) is 5.82 Å². The molecule has 0 aliphatic carbocycles. The van der Waals surface area contributed by atoms with Crippen LogP contribution in [-0.2, 0) is 4.79 Å². The number of rotatable bonds is 3. The minimum atomic E-state index is -0.545. The summed E-state index contributed by atoms with van der Waals surface area (Å²) >= 11 is 0. The van der Waals surface area contributed by atoms with E-state index in [9.17, 15) is 4.79 Å². The van der Waals surface area contributed by atoms with Crippen molar-refractivity contribution in [3.05, 3.63) is 71.9 Å². The van der Waals surface area contributed by atoms with Crippen LogP contribution in [0.15, 0.2) is 60.8 Å². The monoisotopic (exact) mass is 333 g/mol. The third-order valence-electron chi connectivity index (χ3n) is 4.57. The number of benzene rings is 2. The highest BCUT2D eigenvalue weighted by atomic mass is 16.5. The molecule has 126 valence electrons. The molecule has 0 bridgehead atoms. The zero-order chi connectivity index (χ0) is 17.4. The summed E-state index contributed by atoms with van der Waals surface area (Å²) in [6.07, 6.45) is 1.20. The number of para-hydroxylation sites is 2. The van der Waals surface area contributed by atoms with Crippen LogP contribution < -0.4 is 10.1 Å². The van der Waals surface area contributed by atoms with Gasteiger partial charge in [0, 0.05) is 17.0 Å². The van der Waals surface area contributed by atoms with Crippen molar-refractivity contribution in [2.24, 2.45) is 0 Å². The zero-order valence-electron chi connectivity index (χ0n) is 14.1. The Morgan fingerprint density at radius 1 is 1.12 bits per heavy atom. The molecule has 3 aromatic rings. The summed E-state index contributed by atoms with van der Waals surface area (Å²) < 4.78 is 7.61. The highest BCUT2D eigenvalue weighted by molar-refractivity contribution is 5.95. The van der Waals surface area contributed by atoms with Crippen molar-refractivity contribution in [2.45, 2.75) is 25.9 Å². The van der Waals surface area contributed by atoms with Gasteiger partial charge in [-0.3, -0.25) is 4.79 Å². The first-order valence-electron chi connectivity index (χ1n) is 8.31. The molecule has 2 heterocycles. The topological polar surface area (TPSA) is 56.2 Å². The van der Waals surface area contributed by atoms with Crippen molar-refractivity contribution in [1.29, 1.82) is 0 Å². The van der Waals surface area contributed by atoms with Gasteiger partial charge in [-0.25, -0.2) is 4.68 Å². The molecule has 1 aromatic heterocycles. The van der Waals surface area contributed by atoms with E-state index in [4.69, 9.17) is 4.74 Å². The second-order valence-electron chi connectivity index (χ2n) is 6.28. The van der Waals surface area contributed by atoms with Crippen molar-refractivity contribution in [1.82, 2.24) is 9.78 Å². The Kier molecular flexibility index (Phi) is 3.76. The number of nitrogens with zero attached hydrogens (tertiary/aromatic N) is 2. The predicted octanol–water partition coefficient (Wildman–Crippen LogP) is 3.68. The molecule has 1 amide bonds. The number of anilines is 1. The summed E-state index contributed by atoms with van der Waals surface area (Å²) in [5.41, 5.74) is 2.87. The van der Waals surface area contributed by atoms with Crippen molar-refractivity contribution in [3.8, 4) is 11.4 Å². The molecular formula is C20H19N3O2. The summed E-state index contributed by atoms with van der Waals surface area (Å²) in [5.74, 6) is 1.29. The van der Waals surface area contributed by atoms with Gasteiger partial charge in [-0.15, -0.1) is 0 Å². The smallest absolute Gasteiger partial charge is 0.267 e. The van der Waals surface area contributed by atoms with E-state index in [1.54, 1.807) is 10.9 Å². The Balaban J connectivity index is 1.60. The van der Waals surface area contributed by atoms with Gasteiger partial charge in [0.1, 0.15) is 11.6 Å². The lowest BCUT2D eigenvalue weighted by Crippen LogP contribution is -2.34. The molecular weight excluding hydrogens is 314 g/mol. The fourth-order valence-electron chi connectivity index (χ4n) is 3.18. The van der Waals surface area contributed by atoms with Crippen LogP contribution in [0.3, 0.4) is 0 Å². The molecule has 5 nitrogen and oxygen atoms in total. The van der Waals surface area contributed by atoms with Crippen molar-refractivity contribution >= 4 is 11.7 Å². The number of ether oxygens (including phenoxy) is 1. The minimum Gasteiger partial charge on any atom is -0.480 e. The summed E-state index contributed by atoms with van der Waals surface area (Å²) in [6, 6.07) is 17.5. The van der Waals surface area contributed by atoms with Gasteiger partial charge >= 0.3 is 0 Å². The third kappa shape index (κ3) is 2.67. The largest absolute Gasteiger partial charge is 0.480 e. The first kappa shape index (κ1) is 15.4. The van der Waals surface area contributed by atoms with Crippen LogP contribution in [0.5, 0.6) is 5.75 Å². The Morgan fingerprint density at radius 3 is 2.60 bits per heavy atom. The Bertz CT molecular complexity index is 918. The second-order valence-corrected chi connectivity index (χ2v) is 6.28. The lowest BCUT2D eigenvalue weighted by Gasteiger charge is -2.16. The second kappa shape index (κ2) is 6.09. The summed E-state index contributed by atoms with van der Waals surface area (Å²) in [5, 5.41) is 7.39. The van der Waals surface area contributed by atoms with E-state index >= 15 is 0 Å². The molecule has 25 heavy (non-hydrogen) atoms. The highest BCUT2D eigenvalue weighted by Crippen LogP contribution is 2.38. The number of carbonyl (C=O) groups is 1.